The molecule has 2 aliphatic heterocycles. The normalized spacial score (nSPS) is 22.6. The van der Waals surface area contributed by atoms with Gasteiger partial charge in [-0.1, -0.05) is 0 Å². The summed E-state index contributed by atoms with van der Waals surface area (Å²) in [6, 6.07) is 0. The van der Waals surface area contributed by atoms with Crippen molar-refractivity contribution in [3.8, 4) is 0 Å². The Hall–Kier alpha value is -0.160. The van der Waals surface area contributed by atoms with Crippen molar-refractivity contribution >= 4 is 29.9 Å². The summed E-state index contributed by atoms with van der Waals surface area (Å²) >= 11 is 0. The topological polar surface area (TPSA) is 73.3 Å². The molecule has 0 aromatic rings. The van der Waals surface area contributed by atoms with Gasteiger partial charge < -0.3 is 29.6 Å². The highest BCUT2D eigenvalue weighted by atomic mass is 127. The Balaban J connectivity index is 0.00000364. The number of nitrogens with one attached hydrogen (secondary N) is 2. The maximum atomic E-state index is 5.72. The first-order valence-electron chi connectivity index (χ1n) is 10.2. The molecule has 0 spiro atoms. The molecule has 2 rings (SSSR count). The van der Waals surface area contributed by atoms with Crippen LogP contribution in [-0.2, 0) is 18.9 Å². The minimum atomic E-state index is 0. The fourth-order valence-electron chi connectivity index (χ4n) is 3.01. The maximum Gasteiger partial charge on any atom is 0.191 e. The number of aliphatic imine (C=N–C) groups is 1. The van der Waals surface area contributed by atoms with Crippen LogP contribution in [0.5, 0.6) is 0 Å². The molecule has 0 radical (unpaired) electrons. The Labute approximate surface area is 181 Å². The predicted octanol–water partition coefficient (Wildman–Crippen LogP) is 2.05. The largest absolute Gasteiger partial charge is 0.381 e. The van der Waals surface area contributed by atoms with Crippen molar-refractivity contribution in [3.63, 3.8) is 0 Å². The Kier molecular flexibility index (Phi) is 15.4. The van der Waals surface area contributed by atoms with Gasteiger partial charge in [-0.05, 0) is 32.6 Å². The van der Waals surface area contributed by atoms with Crippen LogP contribution in [0.3, 0.4) is 0 Å². The van der Waals surface area contributed by atoms with E-state index in [1.165, 1.54) is 0 Å². The van der Waals surface area contributed by atoms with Crippen LogP contribution in [0.4, 0.5) is 0 Å². The first-order valence-corrected chi connectivity index (χ1v) is 10.2. The smallest absolute Gasteiger partial charge is 0.191 e. The zero-order valence-corrected chi connectivity index (χ0v) is 19.1. The van der Waals surface area contributed by atoms with Gasteiger partial charge in [0.15, 0.2) is 5.96 Å². The third-order valence-electron chi connectivity index (χ3n) is 4.57. The van der Waals surface area contributed by atoms with E-state index in [0.717, 1.165) is 104 Å². The molecule has 2 aliphatic rings. The van der Waals surface area contributed by atoms with Gasteiger partial charge in [0, 0.05) is 57.9 Å². The quantitative estimate of drug-likeness (QED) is 0.175. The van der Waals surface area contributed by atoms with Gasteiger partial charge in [-0.2, -0.15) is 0 Å². The summed E-state index contributed by atoms with van der Waals surface area (Å²) in [5.41, 5.74) is 0. The van der Waals surface area contributed by atoms with E-state index >= 15 is 0 Å². The first-order chi connectivity index (χ1) is 12.9. The third kappa shape index (κ3) is 12.1. The van der Waals surface area contributed by atoms with E-state index < -0.39 is 0 Å². The average Bonchev–Trinajstić information content (AvgIpc) is 3.34. The summed E-state index contributed by atoms with van der Waals surface area (Å²) < 4.78 is 22.1. The zero-order chi connectivity index (χ0) is 18.3. The SMILES string of the molecule is CCNC(=NCCCOCC1CCOC1)NCCCOCC1CCOC1.I. The van der Waals surface area contributed by atoms with Crippen LogP contribution in [0.15, 0.2) is 4.99 Å². The van der Waals surface area contributed by atoms with Gasteiger partial charge in [-0.15, -0.1) is 24.0 Å². The molecule has 0 aromatic heterocycles. The van der Waals surface area contributed by atoms with Gasteiger partial charge in [0.25, 0.3) is 0 Å². The van der Waals surface area contributed by atoms with Crippen molar-refractivity contribution < 1.29 is 18.9 Å². The molecule has 0 aromatic carbocycles. The molecule has 0 bridgehead atoms. The second-order valence-electron chi connectivity index (χ2n) is 7.00. The molecular weight excluding hydrogens is 461 g/mol. The summed E-state index contributed by atoms with van der Waals surface area (Å²) in [5, 5.41) is 6.64. The van der Waals surface area contributed by atoms with E-state index in [1.807, 2.05) is 0 Å². The van der Waals surface area contributed by atoms with Crippen LogP contribution in [0.1, 0.15) is 32.6 Å². The van der Waals surface area contributed by atoms with Crippen LogP contribution in [-0.4, -0.2) is 78.4 Å². The fourth-order valence-corrected chi connectivity index (χ4v) is 3.01. The van der Waals surface area contributed by atoms with Crippen molar-refractivity contribution in [2.75, 3.05) is 72.5 Å². The molecular formula is C19H38IN3O4. The number of guanidine groups is 1. The number of hydrogen-bond acceptors (Lipinski definition) is 5. The molecule has 0 saturated carbocycles. The molecule has 2 heterocycles. The summed E-state index contributed by atoms with van der Waals surface area (Å²) in [6.45, 7) is 11.2. The summed E-state index contributed by atoms with van der Waals surface area (Å²) in [5.74, 6) is 2.05. The fraction of sp³-hybridized carbons (Fsp3) is 0.947. The van der Waals surface area contributed by atoms with Crippen molar-refractivity contribution in [2.24, 2.45) is 16.8 Å². The standard InChI is InChI=1S/C19H37N3O4.HI/c1-2-20-19(21-7-3-9-23-13-17-5-11-25-15-17)22-8-4-10-24-14-18-6-12-26-16-18;/h17-18H,2-16H2,1H3,(H2,20,21,22);1H. The van der Waals surface area contributed by atoms with Crippen LogP contribution >= 0.6 is 24.0 Å². The zero-order valence-electron chi connectivity index (χ0n) is 16.7. The number of hydrogen-bond donors (Lipinski definition) is 2. The average molecular weight is 499 g/mol. The van der Waals surface area contributed by atoms with Gasteiger partial charge >= 0.3 is 0 Å². The van der Waals surface area contributed by atoms with Crippen LogP contribution < -0.4 is 10.6 Å². The molecule has 160 valence electrons. The molecule has 2 atom stereocenters. The molecule has 2 fully saturated rings. The van der Waals surface area contributed by atoms with Crippen LogP contribution in [0, 0.1) is 11.8 Å². The highest BCUT2D eigenvalue weighted by Gasteiger charge is 2.15. The van der Waals surface area contributed by atoms with Gasteiger partial charge in [-0.3, -0.25) is 4.99 Å². The van der Waals surface area contributed by atoms with Crippen LogP contribution in [0.2, 0.25) is 0 Å². The highest BCUT2D eigenvalue weighted by molar-refractivity contribution is 14.0. The van der Waals surface area contributed by atoms with E-state index in [-0.39, 0.29) is 24.0 Å². The number of ether oxygens (including phenoxy) is 4. The monoisotopic (exact) mass is 499 g/mol. The first kappa shape index (κ1) is 24.9. The van der Waals surface area contributed by atoms with Crippen molar-refractivity contribution in [1.29, 1.82) is 0 Å². The Morgan fingerprint density at radius 1 is 0.963 bits per heavy atom. The van der Waals surface area contributed by atoms with E-state index in [9.17, 15) is 0 Å². The van der Waals surface area contributed by atoms with Gasteiger partial charge in [-0.25, -0.2) is 0 Å². The molecule has 7 nitrogen and oxygen atoms in total. The Bertz CT molecular complexity index is 376. The molecule has 2 saturated heterocycles. The van der Waals surface area contributed by atoms with Gasteiger partial charge in [0.1, 0.15) is 0 Å². The Morgan fingerprint density at radius 2 is 1.59 bits per heavy atom. The number of halogens is 1. The highest BCUT2D eigenvalue weighted by Crippen LogP contribution is 2.12. The molecule has 0 amide bonds. The molecule has 2 unspecified atom stereocenters. The lowest BCUT2D eigenvalue weighted by molar-refractivity contribution is 0.0887. The second kappa shape index (κ2) is 16.8. The van der Waals surface area contributed by atoms with Crippen molar-refractivity contribution in [1.82, 2.24) is 10.6 Å². The van der Waals surface area contributed by atoms with Crippen LogP contribution in [0.25, 0.3) is 0 Å². The summed E-state index contributed by atoms with van der Waals surface area (Å²) in [7, 11) is 0. The lowest BCUT2D eigenvalue weighted by Gasteiger charge is -2.12. The summed E-state index contributed by atoms with van der Waals surface area (Å²) in [4.78, 5) is 4.60. The van der Waals surface area contributed by atoms with Gasteiger partial charge in [0.2, 0.25) is 0 Å². The van der Waals surface area contributed by atoms with E-state index in [4.69, 9.17) is 18.9 Å². The molecule has 27 heavy (non-hydrogen) atoms. The maximum absolute atomic E-state index is 5.72. The molecule has 8 heteroatoms. The lowest BCUT2D eigenvalue weighted by atomic mass is 10.1. The number of rotatable bonds is 13. The minimum absolute atomic E-state index is 0. The second-order valence-corrected chi connectivity index (χ2v) is 7.00. The minimum Gasteiger partial charge on any atom is -0.381 e. The van der Waals surface area contributed by atoms with E-state index in [1.54, 1.807) is 0 Å². The van der Waals surface area contributed by atoms with E-state index in [2.05, 4.69) is 22.5 Å². The van der Waals surface area contributed by atoms with Crippen molar-refractivity contribution in [3.05, 3.63) is 0 Å². The van der Waals surface area contributed by atoms with Gasteiger partial charge in [0.05, 0.1) is 26.4 Å². The van der Waals surface area contributed by atoms with E-state index in [0.29, 0.717) is 11.8 Å². The Morgan fingerprint density at radius 3 is 2.15 bits per heavy atom. The lowest BCUT2D eigenvalue weighted by Crippen LogP contribution is -2.38. The third-order valence-corrected chi connectivity index (χ3v) is 4.57. The molecule has 2 N–H and O–H groups in total. The number of nitrogens with zero attached hydrogens (tertiary/aromatic N) is 1. The molecule has 0 aliphatic carbocycles. The predicted molar refractivity (Wildman–Crippen MR) is 118 cm³/mol. The summed E-state index contributed by atoms with van der Waals surface area (Å²) in [6.07, 6.45) is 4.18. The van der Waals surface area contributed by atoms with Crippen molar-refractivity contribution in [2.45, 2.75) is 32.6 Å².